The molecule has 5 rings (SSSR count). The minimum atomic E-state index is -0.452. The molecule has 4 fully saturated rings. The number of halogens is 1. The summed E-state index contributed by atoms with van der Waals surface area (Å²) >= 11 is 6.29. The Labute approximate surface area is 140 Å². The molecule has 0 radical (unpaired) electrons. The lowest BCUT2D eigenvalue weighted by Crippen LogP contribution is -2.62. The standard InChI is InChI=1S/C18H20ClNO3/c1-7-2-3-8(12(19)4-7)18(23)20-13-6-9-10-5-11(14(9)17(13)22)15(20)16(10)21/h2-4,9-11,13-17,21-22H,5-6H2,1H3/t9-,10-,11+,13+,14+,15+,16+,17-/m1/s1. The summed E-state index contributed by atoms with van der Waals surface area (Å²) in [6.45, 7) is 1.94. The number of likely N-dealkylation sites (tertiary alicyclic amines) is 1. The van der Waals surface area contributed by atoms with Gasteiger partial charge in [0.05, 0.1) is 34.9 Å². The van der Waals surface area contributed by atoms with Crippen LogP contribution in [-0.2, 0) is 0 Å². The van der Waals surface area contributed by atoms with Crippen molar-refractivity contribution in [2.45, 2.75) is 44.1 Å². The van der Waals surface area contributed by atoms with Crippen molar-refractivity contribution in [2.24, 2.45) is 23.7 Å². The lowest BCUT2D eigenvalue weighted by atomic mass is 9.75. The van der Waals surface area contributed by atoms with Gasteiger partial charge in [-0.05, 0) is 61.1 Å². The smallest absolute Gasteiger partial charge is 0.256 e. The van der Waals surface area contributed by atoms with E-state index in [0.29, 0.717) is 16.5 Å². The lowest BCUT2D eigenvalue weighted by Gasteiger charge is -2.48. The molecule has 1 amide bonds. The van der Waals surface area contributed by atoms with Crippen LogP contribution in [0.1, 0.15) is 28.8 Å². The van der Waals surface area contributed by atoms with Gasteiger partial charge in [0.2, 0.25) is 0 Å². The Morgan fingerprint density at radius 2 is 1.96 bits per heavy atom. The van der Waals surface area contributed by atoms with Crippen molar-refractivity contribution in [3.05, 3.63) is 34.3 Å². The summed E-state index contributed by atoms with van der Waals surface area (Å²) in [6, 6.07) is 5.11. The number of hydrogen-bond donors (Lipinski definition) is 2. The van der Waals surface area contributed by atoms with E-state index in [4.69, 9.17) is 11.6 Å². The maximum absolute atomic E-state index is 13.2. The zero-order valence-electron chi connectivity index (χ0n) is 12.9. The molecule has 1 aromatic rings. The van der Waals surface area contributed by atoms with Crippen LogP contribution in [0.15, 0.2) is 18.2 Å². The maximum Gasteiger partial charge on any atom is 0.256 e. The van der Waals surface area contributed by atoms with E-state index in [-0.39, 0.29) is 35.7 Å². The molecular weight excluding hydrogens is 314 g/mol. The molecule has 8 atom stereocenters. The highest BCUT2D eigenvalue weighted by Crippen LogP contribution is 2.64. The number of amides is 1. The van der Waals surface area contributed by atoms with Gasteiger partial charge in [-0.3, -0.25) is 4.79 Å². The summed E-state index contributed by atoms with van der Waals surface area (Å²) in [7, 11) is 0. The average Bonchev–Trinajstić information content (AvgIpc) is 3.05. The minimum absolute atomic E-state index is 0.144. The molecule has 1 saturated heterocycles. The molecule has 3 aliphatic carbocycles. The summed E-state index contributed by atoms with van der Waals surface area (Å²) in [5.41, 5.74) is 1.48. The van der Waals surface area contributed by atoms with E-state index in [1.165, 1.54) is 0 Å². The third-order valence-electron chi connectivity index (χ3n) is 6.88. The highest BCUT2D eigenvalue weighted by atomic mass is 35.5. The van der Waals surface area contributed by atoms with Gasteiger partial charge < -0.3 is 15.1 Å². The van der Waals surface area contributed by atoms with Gasteiger partial charge in [0, 0.05) is 0 Å². The largest absolute Gasteiger partial charge is 0.391 e. The number of aliphatic hydroxyl groups is 2. The highest BCUT2D eigenvalue weighted by Gasteiger charge is 2.70. The van der Waals surface area contributed by atoms with Crippen LogP contribution in [0.25, 0.3) is 0 Å². The van der Waals surface area contributed by atoms with Crippen LogP contribution in [0, 0.1) is 30.6 Å². The van der Waals surface area contributed by atoms with Crippen molar-refractivity contribution in [3.8, 4) is 0 Å². The number of hydrogen-bond acceptors (Lipinski definition) is 3. The second kappa shape index (κ2) is 4.50. The second-order valence-electron chi connectivity index (χ2n) is 7.78. The average molecular weight is 334 g/mol. The second-order valence-corrected chi connectivity index (χ2v) is 8.18. The maximum atomic E-state index is 13.2. The first-order valence-electron chi connectivity index (χ1n) is 8.44. The molecule has 4 aliphatic rings. The zero-order chi connectivity index (χ0) is 16.0. The predicted octanol–water partition coefficient (Wildman–Crippen LogP) is 1.85. The Morgan fingerprint density at radius 3 is 2.70 bits per heavy atom. The first kappa shape index (κ1) is 14.3. The molecule has 5 heteroatoms. The minimum Gasteiger partial charge on any atom is -0.391 e. The van der Waals surface area contributed by atoms with Crippen molar-refractivity contribution in [3.63, 3.8) is 0 Å². The van der Waals surface area contributed by atoms with E-state index in [1.807, 2.05) is 13.0 Å². The first-order chi connectivity index (χ1) is 11.0. The Morgan fingerprint density at radius 1 is 1.17 bits per heavy atom. The fourth-order valence-electron chi connectivity index (χ4n) is 6.12. The number of carbonyl (C=O) groups excluding carboxylic acids is 1. The van der Waals surface area contributed by atoms with Crippen LogP contribution in [-0.4, -0.2) is 45.3 Å². The van der Waals surface area contributed by atoms with E-state index in [0.717, 1.165) is 18.4 Å². The van der Waals surface area contributed by atoms with Crippen LogP contribution in [0.3, 0.4) is 0 Å². The third kappa shape index (κ3) is 1.62. The summed E-state index contributed by atoms with van der Waals surface area (Å²) in [5.74, 6) is 0.992. The van der Waals surface area contributed by atoms with Gasteiger partial charge in [0.25, 0.3) is 5.91 Å². The zero-order valence-corrected chi connectivity index (χ0v) is 13.6. The van der Waals surface area contributed by atoms with Gasteiger partial charge >= 0.3 is 0 Å². The molecule has 0 aromatic heterocycles. The van der Waals surface area contributed by atoms with E-state index < -0.39 is 12.2 Å². The summed E-state index contributed by atoms with van der Waals surface area (Å²) < 4.78 is 0. The Kier molecular flexibility index (Phi) is 2.79. The molecule has 1 heterocycles. The Balaban J connectivity index is 1.58. The third-order valence-corrected chi connectivity index (χ3v) is 7.19. The molecule has 3 saturated carbocycles. The first-order valence-corrected chi connectivity index (χ1v) is 8.82. The van der Waals surface area contributed by atoms with Gasteiger partial charge in [-0.1, -0.05) is 17.7 Å². The summed E-state index contributed by atoms with van der Waals surface area (Å²) in [5, 5.41) is 21.8. The number of aliphatic hydroxyl groups excluding tert-OH is 2. The van der Waals surface area contributed by atoms with E-state index in [9.17, 15) is 15.0 Å². The van der Waals surface area contributed by atoms with Crippen molar-refractivity contribution in [1.29, 1.82) is 0 Å². The number of aryl methyl sites for hydroxylation is 1. The molecular formula is C18H20ClNO3. The molecule has 122 valence electrons. The predicted molar refractivity (Wildman–Crippen MR) is 85.1 cm³/mol. The summed E-state index contributed by atoms with van der Waals surface area (Å²) in [4.78, 5) is 15.0. The fraction of sp³-hybridized carbons (Fsp3) is 0.611. The number of benzene rings is 1. The van der Waals surface area contributed by atoms with Gasteiger partial charge in [-0.2, -0.15) is 0 Å². The quantitative estimate of drug-likeness (QED) is 0.824. The molecule has 1 aromatic carbocycles. The van der Waals surface area contributed by atoms with E-state index >= 15 is 0 Å². The fourth-order valence-corrected chi connectivity index (χ4v) is 6.43. The number of fused-ring (bicyclic) bond motifs is 3. The molecule has 0 unspecified atom stereocenters. The number of carbonyl (C=O) groups is 1. The Bertz CT molecular complexity index is 708. The van der Waals surface area contributed by atoms with Crippen molar-refractivity contribution >= 4 is 17.5 Å². The van der Waals surface area contributed by atoms with Crippen LogP contribution in [0.2, 0.25) is 5.02 Å². The van der Waals surface area contributed by atoms with Crippen molar-refractivity contribution < 1.29 is 15.0 Å². The van der Waals surface area contributed by atoms with Crippen LogP contribution >= 0.6 is 11.6 Å². The van der Waals surface area contributed by atoms with E-state index in [2.05, 4.69) is 0 Å². The molecule has 2 N–H and O–H groups in total. The molecule has 4 nitrogen and oxygen atoms in total. The summed E-state index contributed by atoms with van der Waals surface area (Å²) in [6.07, 6.45) is 0.852. The SMILES string of the molecule is Cc1ccc(C(=O)N2[C@@H]3[C@@H](O)[C@@H]4C[C@H]3[C@H]3[C@H](O)[C@@H]2C[C@H]43)c(Cl)c1. The van der Waals surface area contributed by atoms with Gasteiger partial charge in [-0.15, -0.1) is 0 Å². The lowest BCUT2D eigenvalue weighted by molar-refractivity contribution is -0.0836. The molecule has 0 spiro atoms. The topological polar surface area (TPSA) is 60.8 Å². The normalized spacial score (nSPS) is 46.0. The molecule has 1 aliphatic heterocycles. The van der Waals surface area contributed by atoms with Crippen molar-refractivity contribution in [1.82, 2.24) is 4.90 Å². The number of nitrogens with zero attached hydrogens (tertiary/aromatic N) is 1. The van der Waals surface area contributed by atoms with Crippen LogP contribution < -0.4 is 0 Å². The van der Waals surface area contributed by atoms with Crippen LogP contribution in [0.4, 0.5) is 0 Å². The van der Waals surface area contributed by atoms with Gasteiger partial charge in [0.15, 0.2) is 0 Å². The molecule has 23 heavy (non-hydrogen) atoms. The van der Waals surface area contributed by atoms with Gasteiger partial charge in [-0.25, -0.2) is 0 Å². The highest BCUT2D eigenvalue weighted by molar-refractivity contribution is 6.33. The monoisotopic (exact) mass is 333 g/mol. The molecule has 4 bridgehead atoms. The Hall–Kier alpha value is -1.10. The van der Waals surface area contributed by atoms with Crippen molar-refractivity contribution in [2.75, 3.05) is 0 Å². The number of piperidine rings is 1. The number of rotatable bonds is 1. The van der Waals surface area contributed by atoms with Gasteiger partial charge in [0.1, 0.15) is 0 Å². The van der Waals surface area contributed by atoms with Crippen LogP contribution in [0.5, 0.6) is 0 Å². The van der Waals surface area contributed by atoms with E-state index in [1.54, 1.807) is 17.0 Å².